The van der Waals surface area contributed by atoms with Crippen LogP contribution >= 0.6 is 0 Å². The number of unbranched alkanes of at least 4 members (excludes halogenated alkanes) is 1. The number of phenolic OH excluding ortho intramolecular Hbond substituents is 1. The Morgan fingerprint density at radius 2 is 1.53 bits per heavy atom. The molecule has 9 N–H and O–H groups in total. The van der Waals surface area contributed by atoms with Gasteiger partial charge in [0, 0.05) is 0 Å². The third-order valence-corrected chi connectivity index (χ3v) is 4.30. The van der Waals surface area contributed by atoms with E-state index in [1.807, 2.05) is 0 Å². The molecule has 2 amide bonds. The Morgan fingerprint density at radius 3 is 2.07 bits per heavy atom. The quantitative estimate of drug-likeness (QED) is 0.192. The van der Waals surface area contributed by atoms with Crippen LogP contribution in [-0.2, 0) is 25.6 Å². The SMILES string of the molecule is NCCCC[C@H](NC(=O)[C@H](CC(=O)O)NC(=O)[C@@H](N)Cc1ccc(O)cc1)C(=O)O. The lowest BCUT2D eigenvalue weighted by molar-refractivity contribution is -0.143. The Morgan fingerprint density at radius 1 is 0.933 bits per heavy atom. The van der Waals surface area contributed by atoms with Gasteiger partial charge in [-0.1, -0.05) is 12.1 Å². The number of rotatable bonds is 13. The Hall–Kier alpha value is -3.18. The topological polar surface area (TPSA) is 205 Å². The van der Waals surface area contributed by atoms with Gasteiger partial charge in [0.2, 0.25) is 11.8 Å². The van der Waals surface area contributed by atoms with E-state index >= 15 is 0 Å². The molecule has 0 unspecified atom stereocenters. The average Bonchev–Trinajstić information content (AvgIpc) is 2.67. The number of aliphatic carboxylic acids is 2. The number of nitrogens with one attached hydrogen (secondary N) is 2. The van der Waals surface area contributed by atoms with Crippen molar-refractivity contribution < 1.29 is 34.5 Å². The van der Waals surface area contributed by atoms with Gasteiger partial charge in [-0.25, -0.2) is 4.79 Å². The van der Waals surface area contributed by atoms with Crippen LogP contribution in [0.5, 0.6) is 5.75 Å². The number of nitrogens with two attached hydrogens (primary N) is 2. The maximum absolute atomic E-state index is 12.4. The number of hydrogen-bond acceptors (Lipinski definition) is 7. The number of phenols is 1. The van der Waals surface area contributed by atoms with Gasteiger partial charge in [0.25, 0.3) is 0 Å². The molecule has 0 saturated heterocycles. The first kappa shape index (κ1) is 24.9. The van der Waals surface area contributed by atoms with Crippen LogP contribution in [0.25, 0.3) is 0 Å². The molecule has 0 aliphatic rings. The summed E-state index contributed by atoms with van der Waals surface area (Å²) in [7, 11) is 0. The Balaban J connectivity index is 2.77. The van der Waals surface area contributed by atoms with E-state index in [9.17, 15) is 29.4 Å². The van der Waals surface area contributed by atoms with E-state index in [0.717, 1.165) is 0 Å². The maximum Gasteiger partial charge on any atom is 0.326 e. The van der Waals surface area contributed by atoms with Crippen molar-refractivity contribution in [2.45, 2.75) is 50.2 Å². The predicted octanol–water partition coefficient (Wildman–Crippen LogP) is -1.08. The number of aromatic hydroxyl groups is 1. The summed E-state index contributed by atoms with van der Waals surface area (Å²) in [6.45, 7) is 0.372. The molecule has 0 fully saturated rings. The molecule has 1 aromatic carbocycles. The lowest BCUT2D eigenvalue weighted by atomic mass is 10.0. The van der Waals surface area contributed by atoms with Crippen molar-refractivity contribution in [3.8, 4) is 5.75 Å². The third-order valence-electron chi connectivity index (χ3n) is 4.30. The van der Waals surface area contributed by atoms with E-state index in [4.69, 9.17) is 16.6 Å². The molecule has 0 aliphatic heterocycles. The van der Waals surface area contributed by atoms with Crippen molar-refractivity contribution in [2.75, 3.05) is 6.54 Å². The number of amides is 2. The standard InChI is InChI=1S/C19H28N4O7/c20-8-2-1-3-14(19(29)30)22-18(28)15(10-16(25)26)23-17(27)13(21)9-11-4-6-12(24)7-5-11/h4-7,13-15,24H,1-3,8-10,20-21H2,(H,22,28)(H,23,27)(H,25,26)(H,29,30)/t13-,14-,15-/m0/s1. The second kappa shape index (κ2) is 12.4. The summed E-state index contributed by atoms with van der Waals surface area (Å²) in [5.41, 5.74) is 11.9. The molecular weight excluding hydrogens is 396 g/mol. The summed E-state index contributed by atoms with van der Waals surface area (Å²) in [4.78, 5) is 47.2. The summed E-state index contributed by atoms with van der Waals surface area (Å²) < 4.78 is 0. The lowest BCUT2D eigenvalue weighted by Gasteiger charge is -2.22. The zero-order valence-corrected chi connectivity index (χ0v) is 16.4. The van der Waals surface area contributed by atoms with Crippen molar-refractivity contribution in [3.63, 3.8) is 0 Å². The number of hydrogen-bond donors (Lipinski definition) is 7. The van der Waals surface area contributed by atoms with E-state index in [0.29, 0.717) is 24.9 Å². The van der Waals surface area contributed by atoms with Crippen molar-refractivity contribution in [1.82, 2.24) is 10.6 Å². The smallest absolute Gasteiger partial charge is 0.326 e. The summed E-state index contributed by atoms with van der Waals surface area (Å²) in [6, 6.07) is 2.19. The molecule has 0 bridgehead atoms. The highest BCUT2D eigenvalue weighted by molar-refractivity contribution is 5.94. The van der Waals surface area contributed by atoms with E-state index in [1.54, 1.807) is 12.1 Å². The summed E-state index contributed by atoms with van der Waals surface area (Å²) in [5, 5.41) is 32.1. The summed E-state index contributed by atoms with van der Waals surface area (Å²) in [6.07, 6.45) is 0.498. The van der Waals surface area contributed by atoms with E-state index < -0.39 is 48.3 Å². The minimum absolute atomic E-state index is 0.0504. The van der Waals surface area contributed by atoms with Crippen LogP contribution in [0, 0.1) is 0 Å². The van der Waals surface area contributed by atoms with Crippen molar-refractivity contribution in [1.29, 1.82) is 0 Å². The molecule has 0 radical (unpaired) electrons. The zero-order valence-electron chi connectivity index (χ0n) is 16.4. The monoisotopic (exact) mass is 424 g/mol. The first-order valence-corrected chi connectivity index (χ1v) is 9.43. The van der Waals surface area contributed by atoms with Gasteiger partial charge in [-0.15, -0.1) is 0 Å². The molecule has 11 heteroatoms. The largest absolute Gasteiger partial charge is 0.508 e. The molecule has 0 aliphatic carbocycles. The molecule has 0 heterocycles. The van der Waals surface area contributed by atoms with Crippen LogP contribution in [-0.4, -0.2) is 63.7 Å². The summed E-state index contributed by atoms with van der Waals surface area (Å²) in [5.74, 6) is -4.26. The Bertz CT molecular complexity index is 739. The van der Waals surface area contributed by atoms with Gasteiger partial charge in [0.15, 0.2) is 0 Å². The molecule has 1 aromatic rings. The fourth-order valence-corrected chi connectivity index (χ4v) is 2.66. The highest BCUT2D eigenvalue weighted by atomic mass is 16.4. The van der Waals surface area contributed by atoms with Crippen LogP contribution < -0.4 is 22.1 Å². The van der Waals surface area contributed by atoms with E-state index in [2.05, 4.69) is 10.6 Å². The number of carboxylic acid groups (broad SMARTS) is 2. The fraction of sp³-hybridized carbons (Fsp3) is 0.474. The van der Waals surface area contributed by atoms with Gasteiger partial charge in [0.05, 0.1) is 12.5 Å². The Kier molecular flexibility index (Phi) is 10.3. The van der Waals surface area contributed by atoms with Gasteiger partial charge in [-0.2, -0.15) is 0 Å². The fourth-order valence-electron chi connectivity index (χ4n) is 2.66. The second-order valence-corrected chi connectivity index (χ2v) is 6.82. The van der Waals surface area contributed by atoms with Gasteiger partial charge in [-0.3, -0.25) is 14.4 Å². The van der Waals surface area contributed by atoms with E-state index in [1.165, 1.54) is 12.1 Å². The molecule has 11 nitrogen and oxygen atoms in total. The van der Waals surface area contributed by atoms with Gasteiger partial charge >= 0.3 is 11.9 Å². The molecule has 1 rings (SSSR count). The second-order valence-electron chi connectivity index (χ2n) is 6.82. The Labute approximate surface area is 173 Å². The van der Waals surface area contributed by atoms with Crippen LogP contribution in [0.3, 0.4) is 0 Å². The maximum atomic E-state index is 12.4. The molecule has 0 aromatic heterocycles. The number of carbonyl (C=O) groups is 4. The predicted molar refractivity (Wildman–Crippen MR) is 106 cm³/mol. The molecule has 0 spiro atoms. The zero-order chi connectivity index (χ0) is 22.7. The molecule has 3 atom stereocenters. The number of carboxylic acids is 2. The third kappa shape index (κ3) is 8.88. The van der Waals surface area contributed by atoms with Crippen molar-refractivity contribution in [2.24, 2.45) is 11.5 Å². The highest BCUT2D eigenvalue weighted by Gasteiger charge is 2.29. The van der Waals surface area contributed by atoms with Gasteiger partial charge in [-0.05, 0) is 49.9 Å². The summed E-state index contributed by atoms with van der Waals surface area (Å²) >= 11 is 0. The van der Waals surface area contributed by atoms with Crippen molar-refractivity contribution >= 4 is 23.8 Å². The molecule has 30 heavy (non-hydrogen) atoms. The molecule has 166 valence electrons. The molecule has 0 saturated carbocycles. The normalized spacial score (nSPS) is 13.7. The molecular formula is C19H28N4O7. The minimum atomic E-state index is -1.49. The lowest BCUT2D eigenvalue weighted by Crippen LogP contribution is -2.55. The number of benzene rings is 1. The van der Waals surface area contributed by atoms with Crippen LogP contribution in [0.4, 0.5) is 0 Å². The minimum Gasteiger partial charge on any atom is -0.508 e. The van der Waals surface area contributed by atoms with E-state index in [-0.39, 0.29) is 18.6 Å². The van der Waals surface area contributed by atoms with Gasteiger partial charge < -0.3 is 37.4 Å². The van der Waals surface area contributed by atoms with Gasteiger partial charge in [0.1, 0.15) is 17.8 Å². The highest BCUT2D eigenvalue weighted by Crippen LogP contribution is 2.11. The number of carbonyl (C=O) groups excluding carboxylic acids is 2. The first-order chi connectivity index (χ1) is 14.1. The van der Waals surface area contributed by atoms with Crippen molar-refractivity contribution in [3.05, 3.63) is 29.8 Å². The average molecular weight is 424 g/mol. The van der Waals surface area contributed by atoms with Crippen LogP contribution in [0.1, 0.15) is 31.2 Å². The van der Waals surface area contributed by atoms with Crippen LogP contribution in [0.2, 0.25) is 0 Å². The first-order valence-electron chi connectivity index (χ1n) is 9.43. The van der Waals surface area contributed by atoms with Crippen LogP contribution in [0.15, 0.2) is 24.3 Å².